The molecule has 0 aliphatic heterocycles. The van der Waals surface area contributed by atoms with Crippen molar-refractivity contribution in [2.75, 3.05) is 25.2 Å². The van der Waals surface area contributed by atoms with Gasteiger partial charge in [-0.15, -0.1) is 0 Å². The van der Waals surface area contributed by atoms with Gasteiger partial charge in [-0.1, -0.05) is 11.8 Å². The number of carbonyl (C=O) groups excluding carboxylic acids is 1. The molecule has 0 unspecified atom stereocenters. The highest BCUT2D eigenvalue weighted by Crippen LogP contribution is 2.09. The summed E-state index contributed by atoms with van der Waals surface area (Å²) in [5.41, 5.74) is 0.227. The van der Waals surface area contributed by atoms with Gasteiger partial charge in [-0.2, -0.15) is 0 Å². The molecular formula is C14H16FNO4S. The van der Waals surface area contributed by atoms with Crippen molar-refractivity contribution < 1.29 is 22.7 Å². The van der Waals surface area contributed by atoms with Crippen LogP contribution in [-0.4, -0.2) is 44.6 Å². The predicted molar refractivity (Wildman–Crippen MR) is 77.0 cm³/mol. The Hall–Kier alpha value is -1.91. The van der Waals surface area contributed by atoms with Gasteiger partial charge in [0.1, 0.15) is 15.7 Å². The van der Waals surface area contributed by atoms with Crippen molar-refractivity contribution in [3.8, 4) is 11.8 Å². The largest absolute Gasteiger partial charge is 0.395 e. The zero-order valence-corrected chi connectivity index (χ0v) is 12.3. The molecule has 1 rings (SSSR count). The molecule has 0 atom stereocenters. The maximum Gasteiger partial charge on any atom is 0.251 e. The van der Waals surface area contributed by atoms with E-state index < -0.39 is 21.6 Å². The molecule has 2 N–H and O–H groups in total. The Balaban J connectivity index is 2.71. The molecule has 1 amide bonds. The third-order valence-corrected chi connectivity index (χ3v) is 3.40. The van der Waals surface area contributed by atoms with Crippen LogP contribution in [0.3, 0.4) is 0 Å². The number of nitrogens with one attached hydrogen (secondary N) is 1. The molecule has 0 bridgehead atoms. The second-order valence-electron chi connectivity index (χ2n) is 4.36. The lowest BCUT2D eigenvalue weighted by molar-refractivity contribution is 0.0955. The Labute approximate surface area is 123 Å². The van der Waals surface area contributed by atoms with E-state index in [4.69, 9.17) is 5.11 Å². The Bertz CT molecular complexity index is 674. The van der Waals surface area contributed by atoms with E-state index in [0.29, 0.717) is 0 Å². The van der Waals surface area contributed by atoms with E-state index in [1.54, 1.807) is 0 Å². The third-order valence-electron chi connectivity index (χ3n) is 2.45. The highest BCUT2D eigenvalue weighted by molar-refractivity contribution is 7.90. The summed E-state index contributed by atoms with van der Waals surface area (Å²) in [6.07, 6.45) is 1.31. The van der Waals surface area contributed by atoms with Crippen molar-refractivity contribution >= 4 is 15.7 Å². The van der Waals surface area contributed by atoms with Crippen molar-refractivity contribution in [3.05, 3.63) is 35.1 Å². The number of carbonyl (C=O) groups is 1. The fourth-order valence-electron chi connectivity index (χ4n) is 1.42. The van der Waals surface area contributed by atoms with E-state index in [1.165, 1.54) is 12.1 Å². The first-order valence-corrected chi connectivity index (χ1v) is 8.25. The molecule has 0 saturated carbocycles. The Morgan fingerprint density at radius 1 is 1.43 bits per heavy atom. The van der Waals surface area contributed by atoms with Gasteiger partial charge in [0.05, 0.1) is 17.9 Å². The molecule has 0 aliphatic rings. The fraction of sp³-hybridized carbons (Fsp3) is 0.357. The monoisotopic (exact) mass is 313 g/mol. The number of aliphatic hydroxyl groups excluding tert-OH is 1. The minimum atomic E-state index is -3.16. The highest BCUT2D eigenvalue weighted by atomic mass is 32.2. The van der Waals surface area contributed by atoms with Crippen molar-refractivity contribution in [1.29, 1.82) is 0 Å². The molecule has 0 spiro atoms. The zero-order valence-electron chi connectivity index (χ0n) is 11.5. The fourth-order valence-corrected chi connectivity index (χ4v) is 1.90. The average molecular weight is 313 g/mol. The summed E-state index contributed by atoms with van der Waals surface area (Å²) < 4.78 is 35.6. The molecule has 7 heteroatoms. The standard InChI is InChI=1S/C14H16FNO4S/c1-21(19,20)9-7-16-14(18)12-6-5-11(13(15)10-12)4-2-3-8-17/h5-6,10,17H,3,7-9H2,1H3,(H,16,18). The van der Waals surface area contributed by atoms with Gasteiger partial charge in [-0.05, 0) is 18.2 Å². The molecule has 1 aromatic rings. The lowest BCUT2D eigenvalue weighted by Gasteiger charge is -2.05. The van der Waals surface area contributed by atoms with E-state index in [1.807, 2.05) is 0 Å². The van der Waals surface area contributed by atoms with Crippen LogP contribution < -0.4 is 5.32 Å². The van der Waals surface area contributed by atoms with Gasteiger partial charge < -0.3 is 10.4 Å². The van der Waals surface area contributed by atoms with E-state index in [9.17, 15) is 17.6 Å². The Kier molecular flexibility index (Phi) is 6.34. The summed E-state index contributed by atoms with van der Waals surface area (Å²) in [5, 5.41) is 11.0. The van der Waals surface area contributed by atoms with Gasteiger partial charge in [0.2, 0.25) is 0 Å². The van der Waals surface area contributed by atoms with Crippen LogP contribution in [0.15, 0.2) is 18.2 Å². The van der Waals surface area contributed by atoms with E-state index >= 15 is 0 Å². The zero-order chi connectivity index (χ0) is 15.9. The van der Waals surface area contributed by atoms with Crippen LogP contribution in [-0.2, 0) is 9.84 Å². The van der Waals surface area contributed by atoms with Gasteiger partial charge in [0.15, 0.2) is 0 Å². The van der Waals surface area contributed by atoms with Crippen LogP contribution in [0, 0.1) is 17.7 Å². The van der Waals surface area contributed by atoms with Crippen LogP contribution in [0.25, 0.3) is 0 Å². The van der Waals surface area contributed by atoms with E-state index in [2.05, 4.69) is 17.2 Å². The predicted octanol–water partition coefficient (Wildman–Crippen LogP) is 0.334. The first-order chi connectivity index (χ1) is 9.83. The van der Waals surface area contributed by atoms with E-state index in [-0.39, 0.29) is 36.5 Å². The number of hydrogen-bond acceptors (Lipinski definition) is 4. The summed E-state index contributed by atoms with van der Waals surface area (Å²) >= 11 is 0. The molecule has 114 valence electrons. The quantitative estimate of drug-likeness (QED) is 0.768. The summed E-state index contributed by atoms with van der Waals surface area (Å²) in [7, 11) is -3.16. The van der Waals surface area contributed by atoms with E-state index in [0.717, 1.165) is 12.3 Å². The maximum atomic E-state index is 13.7. The number of sulfone groups is 1. The molecule has 0 fully saturated rings. The topological polar surface area (TPSA) is 83.5 Å². The summed E-state index contributed by atoms with van der Waals surface area (Å²) in [4.78, 5) is 11.7. The van der Waals surface area contributed by atoms with Crippen LogP contribution in [0.4, 0.5) is 4.39 Å². The normalized spacial score (nSPS) is 10.6. The molecule has 5 nitrogen and oxygen atoms in total. The SMILES string of the molecule is CS(=O)(=O)CCNC(=O)c1ccc(C#CCCO)c(F)c1. The van der Waals surface area contributed by atoms with Gasteiger partial charge in [-0.25, -0.2) is 12.8 Å². The first-order valence-electron chi connectivity index (χ1n) is 6.18. The number of amides is 1. The summed E-state index contributed by atoms with van der Waals surface area (Å²) in [6.45, 7) is -0.132. The minimum absolute atomic E-state index is 0.0304. The van der Waals surface area contributed by atoms with Crippen molar-refractivity contribution in [1.82, 2.24) is 5.32 Å². The number of halogens is 1. The lowest BCUT2D eigenvalue weighted by Crippen LogP contribution is -2.28. The Morgan fingerprint density at radius 2 is 2.14 bits per heavy atom. The van der Waals surface area contributed by atoms with Crippen LogP contribution in [0.1, 0.15) is 22.3 Å². The van der Waals surface area contributed by atoms with Crippen LogP contribution in [0.2, 0.25) is 0 Å². The molecule has 0 radical (unpaired) electrons. The van der Waals surface area contributed by atoms with Crippen LogP contribution in [0.5, 0.6) is 0 Å². The summed E-state index contributed by atoms with van der Waals surface area (Å²) in [5.74, 6) is 3.77. The van der Waals surface area contributed by atoms with Gasteiger partial charge in [-0.3, -0.25) is 4.79 Å². The van der Waals surface area contributed by atoms with Crippen molar-refractivity contribution in [2.45, 2.75) is 6.42 Å². The molecule has 21 heavy (non-hydrogen) atoms. The van der Waals surface area contributed by atoms with Gasteiger partial charge >= 0.3 is 0 Å². The van der Waals surface area contributed by atoms with Gasteiger partial charge in [0, 0.05) is 24.8 Å². The summed E-state index contributed by atoms with van der Waals surface area (Å²) in [6, 6.07) is 3.81. The second-order valence-corrected chi connectivity index (χ2v) is 6.62. The smallest absolute Gasteiger partial charge is 0.251 e. The number of benzene rings is 1. The third kappa shape index (κ3) is 6.38. The Morgan fingerprint density at radius 3 is 2.71 bits per heavy atom. The van der Waals surface area contributed by atoms with Crippen molar-refractivity contribution in [2.24, 2.45) is 0 Å². The first kappa shape index (κ1) is 17.1. The highest BCUT2D eigenvalue weighted by Gasteiger charge is 2.09. The second kappa shape index (κ2) is 7.76. The average Bonchev–Trinajstić information content (AvgIpc) is 2.39. The number of rotatable bonds is 5. The van der Waals surface area contributed by atoms with Crippen molar-refractivity contribution in [3.63, 3.8) is 0 Å². The maximum absolute atomic E-state index is 13.7. The molecule has 0 aromatic heterocycles. The molecular weight excluding hydrogens is 297 g/mol. The minimum Gasteiger partial charge on any atom is -0.395 e. The molecule has 0 heterocycles. The van der Waals surface area contributed by atoms with Crippen LogP contribution >= 0.6 is 0 Å². The number of aliphatic hydroxyl groups is 1. The molecule has 0 saturated heterocycles. The molecule has 0 aliphatic carbocycles. The lowest BCUT2D eigenvalue weighted by atomic mass is 10.1. The van der Waals surface area contributed by atoms with Gasteiger partial charge in [0.25, 0.3) is 5.91 Å². The number of hydrogen-bond donors (Lipinski definition) is 2. The molecule has 1 aromatic carbocycles.